The first kappa shape index (κ1) is 27.6. The third-order valence-corrected chi connectivity index (χ3v) is 6.87. The van der Waals surface area contributed by atoms with E-state index in [0.717, 1.165) is 36.5 Å². The van der Waals surface area contributed by atoms with Gasteiger partial charge in [0.25, 0.3) is 0 Å². The zero-order chi connectivity index (χ0) is 22.1. The van der Waals surface area contributed by atoms with Crippen molar-refractivity contribution in [2.24, 2.45) is 11.7 Å². The Morgan fingerprint density at radius 3 is 2.70 bits per heavy atom. The minimum Gasteiger partial charge on any atom is -0.350 e. The van der Waals surface area contributed by atoms with E-state index in [-0.39, 0.29) is 54.2 Å². The summed E-state index contributed by atoms with van der Waals surface area (Å²) in [4.78, 5) is 26.5. The van der Waals surface area contributed by atoms with Crippen molar-refractivity contribution in [1.82, 2.24) is 14.9 Å². The molecule has 6 nitrogen and oxygen atoms in total. The van der Waals surface area contributed by atoms with Crippen LogP contribution in [-0.4, -0.2) is 53.0 Å². The molecule has 1 unspecified atom stereocenters. The van der Waals surface area contributed by atoms with Crippen LogP contribution in [0.15, 0.2) is 24.5 Å². The van der Waals surface area contributed by atoms with Crippen LogP contribution in [0.4, 0.5) is 10.2 Å². The second-order valence-electron chi connectivity index (χ2n) is 8.71. The van der Waals surface area contributed by atoms with Crippen molar-refractivity contribution in [2.75, 3.05) is 31.1 Å². The standard InChI is InChI=1S/C23H29ClFN5O.2ClH/c1-14-3-6-20-21(14)22(28-13-27-20)30-8-7-29(12-15(30)2)23(31)17(11-26)9-16-4-5-18(24)19(25)10-16;;/h4-5,10,13-15,17H,3,6-9,11-12,26H2,1-2H3;2*1H/t14-,15+,17?;;/m1../s1. The number of benzene rings is 1. The average Bonchev–Trinajstić information content (AvgIpc) is 3.15. The van der Waals surface area contributed by atoms with Crippen molar-refractivity contribution in [1.29, 1.82) is 0 Å². The molecule has 1 aromatic heterocycles. The topological polar surface area (TPSA) is 75.4 Å². The highest BCUT2D eigenvalue weighted by Crippen LogP contribution is 2.38. The number of amides is 1. The number of aromatic nitrogens is 2. The van der Waals surface area contributed by atoms with E-state index < -0.39 is 5.82 Å². The Morgan fingerprint density at radius 1 is 1.27 bits per heavy atom. The van der Waals surface area contributed by atoms with E-state index in [9.17, 15) is 9.18 Å². The van der Waals surface area contributed by atoms with E-state index in [1.165, 1.54) is 17.7 Å². The molecule has 1 amide bonds. The lowest BCUT2D eigenvalue weighted by atomic mass is 9.97. The lowest BCUT2D eigenvalue weighted by Crippen LogP contribution is -2.56. The molecule has 1 saturated heterocycles. The number of hydrogen-bond donors (Lipinski definition) is 1. The number of rotatable bonds is 5. The van der Waals surface area contributed by atoms with Crippen LogP contribution in [0.2, 0.25) is 5.02 Å². The van der Waals surface area contributed by atoms with Gasteiger partial charge in [-0.1, -0.05) is 24.6 Å². The van der Waals surface area contributed by atoms with E-state index in [0.29, 0.717) is 25.4 Å². The molecule has 33 heavy (non-hydrogen) atoms. The molecular formula is C23H31Cl3FN5O. The van der Waals surface area contributed by atoms with Gasteiger partial charge in [-0.25, -0.2) is 14.4 Å². The minimum absolute atomic E-state index is 0. The number of fused-ring (bicyclic) bond motifs is 1. The monoisotopic (exact) mass is 517 g/mol. The predicted octanol–water partition coefficient (Wildman–Crippen LogP) is 4.02. The van der Waals surface area contributed by atoms with Gasteiger partial charge in [0.2, 0.25) is 5.91 Å². The fourth-order valence-electron chi connectivity index (χ4n) is 4.81. The molecule has 1 fully saturated rings. The number of halogens is 4. The molecule has 182 valence electrons. The van der Waals surface area contributed by atoms with Gasteiger partial charge in [-0.2, -0.15) is 0 Å². The Hall–Kier alpha value is -1.67. The summed E-state index contributed by atoms with van der Waals surface area (Å²) >= 11 is 5.77. The van der Waals surface area contributed by atoms with Gasteiger partial charge in [-0.3, -0.25) is 4.79 Å². The van der Waals surface area contributed by atoms with E-state index in [1.807, 2.05) is 4.90 Å². The van der Waals surface area contributed by atoms with Crippen molar-refractivity contribution in [2.45, 2.75) is 45.1 Å². The summed E-state index contributed by atoms with van der Waals surface area (Å²) in [6.07, 6.45) is 4.17. The van der Waals surface area contributed by atoms with Gasteiger partial charge in [-0.15, -0.1) is 24.8 Å². The lowest BCUT2D eigenvalue weighted by molar-refractivity contribution is -0.136. The average molecular weight is 519 g/mol. The molecule has 1 aromatic carbocycles. The SMILES string of the molecule is C[C@@H]1CCc2ncnc(N3CCN(C(=O)C(CN)Cc4ccc(Cl)c(F)c4)C[C@@H]3C)c21.Cl.Cl. The molecule has 2 heterocycles. The maximum Gasteiger partial charge on any atom is 0.227 e. The molecule has 1 aliphatic heterocycles. The number of nitrogens with zero attached hydrogens (tertiary/aromatic N) is 4. The Kier molecular flexibility index (Phi) is 9.73. The second kappa shape index (κ2) is 11.6. The highest BCUT2D eigenvalue weighted by molar-refractivity contribution is 6.30. The predicted molar refractivity (Wildman–Crippen MR) is 134 cm³/mol. The third-order valence-electron chi connectivity index (χ3n) is 6.56. The van der Waals surface area contributed by atoms with Crippen LogP contribution in [0.3, 0.4) is 0 Å². The first-order chi connectivity index (χ1) is 14.9. The van der Waals surface area contributed by atoms with E-state index in [4.69, 9.17) is 17.3 Å². The molecule has 0 spiro atoms. The fraction of sp³-hybridized carbons (Fsp3) is 0.522. The third kappa shape index (κ3) is 5.70. The number of piperazine rings is 1. The van der Waals surface area contributed by atoms with Gasteiger partial charge >= 0.3 is 0 Å². The number of aryl methyl sites for hydroxylation is 1. The summed E-state index contributed by atoms with van der Waals surface area (Å²) in [5.74, 6) is 0.630. The Bertz CT molecular complexity index is 979. The van der Waals surface area contributed by atoms with Crippen molar-refractivity contribution < 1.29 is 9.18 Å². The molecule has 0 bridgehead atoms. The first-order valence-corrected chi connectivity index (χ1v) is 11.3. The van der Waals surface area contributed by atoms with Crippen molar-refractivity contribution in [3.8, 4) is 0 Å². The zero-order valence-electron chi connectivity index (χ0n) is 18.8. The minimum atomic E-state index is -0.476. The second-order valence-corrected chi connectivity index (χ2v) is 9.12. The van der Waals surface area contributed by atoms with Crippen LogP contribution in [0.1, 0.15) is 43.0 Å². The number of anilines is 1. The molecule has 10 heteroatoms. The molecule has 2 aromatic rings. The van der Waals surface area contributed by atoms with Crippen LogP contribution in [0.5, 0.6) is 0 Å². The summed E-state index contributed by atoms with van der Waals surface area (Å²) in [5.41, 5.74) is 9.07. The molecular weight excluding hydrogens is 488 g/mol. The largest absolute Gasteiger partial charge is 0.350 e. The smallest absolute Gasteiger partial charge is 0.227 e. The van der Waals surface area contributed by atoms with Crippen LogP contribution in [-0.2, 0) is 17.6 Å². The number of carbonyl (C=O) groups excluding carboxylic acids is 1. The molecule has 2 aliphatic rings. The molecule has 3 atom stereocenters. The highest BCUT2D eigenvalue weighted by Gasteiger charge is 2.34. The zero-order valence-corrected chi connectivity index (χ0v) is 21.2. The van der Waals surface area contributed by atoms with Gasteiger partial charge in [0, 0.05) is 43.5 Å². The van der Waals surface area contributed by atoms with E-state index in [2.05, 4.69) is 28.7 Å². The summed E-state index contributed by atoms with van der Waals surface area (Å²) < 4.78 is 13.8. The summed E-state index contributed by atoms with van der Waals surface area (Å²) in [5, 5.41) is 0.0786. The van der Waals surface area contributed by atoms with E-state index >= 15 is 0 Å². The molecule has 0 radical (unpaired) electrons. The van der Waals surface area contributed by atoms with Gasteiger partial charge in [-0.05, 0) is 49.8 Å². The van der Waals surface area contributed by atoms with E-state index in [1.54, 1.807) is 12.4 Å². The first-order valence-electron chi connectivity index (χ1n) is 10.9. The van der Waals surface area contributed by atoms with Crippen molar-refractivity contribution in [3.63, 3.8) is 0 Å². The molecule has 1 aliphatic carbocycles. The van der Waals surface area contributed by atoms with Crippen LogP contribution < -0.4 is 10.6 Å². The van der Waals surface area contributed by atoms with Gasteiger partial charge in [0.1, 0.15) is 18.0 Å². The molecule has 4 rings (SSSR count). The Labute approximate surface area is 211 Å². The maximum absolute atomic E-state index is 13.8. The maximum atomic E-state index is 13.8. The fourth-order valence-corrected chi connectivity index (χ4v) is 4.92. The number of nitrogens with two attached hydrogens (primary N) is 1. The summed E-state index contributed by atoms with van der Waals surface area (Å²) in [6, 6.07) is 4.79. The van der Waals surface area contributed by atoms with Gasteiger partial charge in [0.05, 0.1) is 10.9 Å². The lowest BCUT2D eigenvalue weighted by Gasteiger charge is -2.42. The van der Waals surface area contributed by atoms with Gasteiger partial charge in [0.15, 0.2) is 0 Å². The Balaban J connectivity index is 0.00000193. The van der Waals surface area contributed by atoms with Crippen molar-refractivity contribution >= 4 is 48.1 Å². The van der Waals surface area contributed by atoms with Crippen LogP contribution in [0.25, 0.3) is 0 Å². The van der Waals surface area contributed by atoms with Crippen molar-refractivity contribution in [3.05, 3.63) is 52.2 Å². The highest BCUT2D eigenvalue weighted by atomic mass is 35.5. The summed E-state index contributed by atoms with van der Waals surface area (Å²) in [7, 11) is 0. The molecule has 0 saturated carbocycles. The normalized spacial score (nSPS) is 20.5. The number of carbonyl (C=O) groups is 1. The quantitative estimate of drug-likeness (QED) is 0.647. The van der Waals surface area contributed by atoms with Gasteiger partial charge < -0.3 is 15.5 Å². The molecule has 2 N–H and O–H groups in total. The Morgan fingerprint density at radius 2 is 2.03 bits per heavy atom. The summed E-state index contributed by atoms with van der Waals surface area (Å²) in [6.45, 7) is 6.51. The van der Waals surface area contributed by atoms with Crippen LogP contribution >= 0.6 is 36.4 Å². The number of hydrogen-bond acceptors (Lipinski definition) is 5. The van der Waals surface area contributed by atoms with Crippen LogP contribution in [0, 0.1) is 11.7 Å².